The Morgan fingerprint density at radius 1 is 0.707 bits per heavy atom. The minimum absolute atomic E-state index is 0.141. The second kappa shape index (κ2) is 16.8. The number of aryl methyl sites for hydroxylation is 1. The van der Waals surface area contributed by atoms with Crippen LogP contribution in [0.15, 0.2) is 97.3 Å². The summed E-state index contributed by atoms with van der Waals surface area (Å²) >= 11 is 0. The highest BCUT2D eigenvalue weighted by molar-refractivity contribution is 5.69. The van der Waals surface area contributed by atoms with Crippen LogP contribution in [0, 0.1) is 0 Å². The smallest absolute Gasteiger partial charge is 0.306 e. The monoisotopic (exact) mass is 555 g/mol. The third kappa shape index (κ3) is 13.1. The first-order chi connectivity index (χ1) is 19.8. The van der Waals surface area contributed by atoms with Crippen LogP contribution in [-0.4, -0.2) is 28.1 Å². The average Bonchev–Trinajstić information content (AvgIpc) is 2.97. The topological polar surface area (TPSA) is 96.6 Å². The van der Waals surface area contributed by atoms with E-state index < -0.39 is 5.60 Å². The molecule has 4 rings (SSSR count). The molecule has 216 valence electrons. The van der Waals surface area contributed by atoms with Crippen molar-refractivity contribution in [1.29, 1.82) is 0 Å². The summed E-state index contributed by atoms with van der Waals surface area (Å²) in [6.07, 6.45) is 6.49. The first-order valence-electron chi connectivity index (χ1n) is 14.0. The maximum absolute atomic E-state index is 11.7. The predicted molar refractivity (Wildman–Crippen MR) is 162 cm³/mol. The minimum atomic E-state index is -0.413. The van der Waals surface area contributed by atoms with Crippen LogP contribution < -0.4 is 15.2 Å². The molecule has 7 heteroatoms. The molecule has 0 atom stereocenters. The normalized spacial score (nSPS) is 10.7. The highest BCUT2D eigenvalue weighted by atomic mass is 16.6. The van der Waals surface area contributed by atoms with E-state index in [0.29, 0.717) is 26.2 Å². The number of hydrogen-bond donors (Lipinski definition) is 1. The van der Waals surface area contributed by atoms with Gasteiger partial charge in [0.2, 0.25) is 0 Å². The van der Waals surface area contributed by atoms with E-state index in [1.165, 1.54) is 11.1 Å². The molecule has 0 saturated carbocycles. The third-order valence-corrected chi connectivity index (χ3v) is 5.77. The summed E-state index contributed by atoms with van der Waals surface area (Å²) in [5.74, 6) is 1.53. The molecule has 7 nitrogen and oxygen atoms in total. The van der Waals surface area contributed by atoms with E-state index in [4.69, 9.17) is 19.9 Å². The van der Waals surface area contributed by atoms with Crippen molar-refractivity contribution in [2.45, 2.75) is 65.3 Å². The summed E-state index contributed by atoms with van der Waals surface area (Å²) in [5.41, 5.74) is 9.33. The molecule has 2 heterocycles. The van der Waals surface area contributed by atoms with Crippen molar-refractivity contribution in [3.05, 3.63) is 120 Å². The number of nitrogens with zero attached hydrogens (tertiary/aromatic N) is 2. The van der Waals surface area contributed by atoms with Crippen molar-refractivity contribution in [2.75, 3.05) is 6.54 Å². The number of carbonyl (C=O) groups is 1. The van der Waals surface area contributed by atoms with Crippen LogP contribution in [0.4, 0.5) is 0 Å². The van der Waals surface area contributed by atoms with Crippen LogP contribution in [-0.2, 0) is 35.6 Å². The van der Waals surface area contributed by atoms with Gasteiger partial charge in [0.1, 0.15) is 30.3 Å². The lowest BCUT2D eigenvalue weighted by molar-refractivity contribution is -0.154. The van der Waals surface area contributed by atoms with Gasteiger partial charge in [0.05, 0.1) is 11.4 Å². The Kier molecular flexibility index (Phi) is 12.8. The molecule has 0 fully saturated rings. The molecule has 0 aliphatic heterocycles. The number of benzene rings is 2. The van der Waals surface area contributed by atoms with Crippen molar-refractivity contribution >= 4 is 5.97 Å². The van der Waals surface area contributed by atoms with Gasteiger partial charge in [0.15, 0.2) is 0 Å². The third-order valence-electron chi connectivity index (χ3n) is 5.77. The van der Waals surface area contributed by atoms with Gasteiger partial charge in [-0.05, 0) is 106 Å². The number of aromatic nitrogens is 2. The minimum Gasteiger partial charge on any atom is -0.487 e. The van der Waals surface area contributed by atoms with Gasteiger partial charge in [-0.25, -0.2) is 0 Å². The summed E-state index contributed by atoms with van der Waals surface area (Å²) in [6, 6.07) is 27.5. The molecule has 4 aromatic rings. The van der Waals surface area contributed by atoms with Gasteiger partial charge in [-0.15, -0.1) is 0 Å². The van der Waals surface area contributed by atoms with Gasteiger partial charge in [0, 0.05) is 18.8 Å². The summed E-state index contributed by atoms with van der Waals surface area (Å²) < 4.78 is 16.6. The Bertz CT molecular complexity index is 1270. The maximum atomic E-state index is 11.7. The molecule has 0 spiro atoms. The van der Waals surface area contributed by atoms with Gasteiger partial charge < -0.3 is 19.9 Å². The van der Waals surface area contributed by atoms with Gasteiger partial charge >= 0.3 is 5.97 Å². The van der Waals surface area contributed by atoms with E-state index in [2.05, 4.69) is 9.97 Å². The first kappa shape index (κ1) is 31.3. The summed E-state index contributed by atoms with van der Waals surface area (Å²) in [7, 11) is 0. The number of esters is 1. The second-order valence-corrected chi connectivity index (χ2v) is 10.5. The van der Waals surface area contributed by atoms with E-state index in [1.54, 1.807) is 12.4 Å². The first-order valence-corrected chi connectivity index (χ1v) is 14.0. The number of rotatable bonds is 12. The number of nitrogens with two attached hydrogens (primary N) is 1. The lowest BCUT2D eigenvalue weighted by Gasteiger charge is -2.19. The van der Waals surface area contributed by atoms with Crippen molar-refractivity contribution in [3.63, 3.8) is 0 Å². The Labute approximate surface area is 243 Å². The molecule has 0 saturated heterocycles. The van der Waals surface area contributed by atoms with Gasteiger partial charge in [-0.2, -0.15) is 0 Å². The lowest BCUT2D eigenvalue weighted by atomic mass is 10.1. The standard InChI is InChI=1S/C20H25NO3.C14H16N2O/c1-20(2,3)24-19(22)9-6-7-16-10-12-18(13-11-16)23-15-17-8-4-5-14-21-17;15-9-8-12-4-6-14(7-5-12)17-11-13-3-1-2-10-16-13/h4-5,8,10-14H,6-7,9,15H2,1-3H3;1-7,10H,8-9,11,15H2. The SMILES string of the molecule is CC(C)(C)OC(=O)CCCc1ccc(OCc2ccccn2)cc1.NCCc1ccc(OCc2ccccn2)cc1. The summed E-state index contributed by atoms with van der Waals surface area (Å²) in [4.78, 5) is 20.1. The van der Waals surface area contributed by atoms with Crippen LogP contribution in [0.5, 0.6) is 11.5 Å². The zero-order valence-corrected chi connectivity index (χ0v) is 24.3. The van der Waals surface area contributed by atoms with Crippen molar-refractivity contribution in [2.24, 2.45) is 5.73 Å². The molecule has 0 aliphatic carbocycles. The number of carbonyl (C=O) groups excluding carboxylic acids is 1. The average molecular weight is 556 g/mol. The molecular formula is C34H41N3O4. The molecule has 0 aliphatic rings. The van der Waals surface area contributed by atoms with Gasteiger partial charge in [0.25, 0.3) is 0 Å². The van der Waals surface area contributed by atoms with Crippen molar-refractivity contribution in [3.8, 4) is 11.5 Å². The van der Waals surface area contributed by atoms with Crippen LogP contribution in [0.2, 0.25) is 0 Å². The van der Waals surface area contributed by atoms with E-state index >= 15 is 0 Å². The molecule has 0 unspecified atom stereocenters. The Balaban J connectivity index is 0.000000239. The second-order valence-electron chi connectivity index (χ2n) is 10.5. The number of ether oxygens (including phenoxy) is 3. The van der Waals surface area contributed by atoms with E-state index in [-0.39, 0.29) is 5.97 Å². The fourth-order valence-corrected chi connectivity index (χ4v) is 3.78. The van der Waals surface area contributed by atoms with Crippen molar-refractivity contribution in [1.82, 2.24) is 9.97 Å². The quantitative estimate of drug-likeness (QED) is 0.200. The predicted octanol–water partition coefficient (Wildman–Crippen LogP) is 6.49. The molecule has 0 amide bonds. The zero-order valence-electron chi connectivity index (χ0n) is 24.3. The Morgan fingerprint density at radius 2 is 1.20 bits per heavy atom. The van der Waals surface area contributed by atoms with Crippen LogP contribution in [0.25, 0.3) is 0 Å². The van der Waals surface area contributed by atoms with E-state index in [9.17, 15) is 4.79 Å². The highest BCUT2D eigenvalue weighted by Crippen LogP contribution is 2.17. The van der Waals surface area contributed by atoms with Gasteiger partial charge in [-0.1, -0.05) is 36.4 Å². The highest BCUT2D eigenvalue weighted by Gasteiger charge is 2.15. The summed E-state index contributed by atoms with van der Waals surface area (Å²) in [6.45, 7) is 7.28. The molecule has 0 bridgehead atoms. The molecular weight excluding hydrogens is 514 g/mol. The number of hydrogen-bond acceptors (Lipinski definition) is 7. The van der Waals surface area contributed by atoms with Crippen LogP contribution >= 0.6 is 0 Å². The number of pyridine rings is 2. The van der Waals surface area contributed by atoms with Crippen molar-refractivity contribution < 1.29 is 19.0 Å². The fourth-order valence-electron chi connectivity index (χ4n) is 3.78. The summed E-state index contributed by atoms with van der Waals surface area (Å²) in [5, 5.41) is 0. The fraction of sp³-hybridized carbons (Fsp3) is 0.324. The maximum Gasteiger partial charge on any atom is 0.306 e. The molecule has 2 aromatic carbocycles. The van der Waals surface area contributed by atoms with Crippen LogP contribution in [0.1, 0.15) is 56.1 Å². The Hall–Kier alpha value is -4.23. The molecule has 2 N–H and O–H groups in total. The van der Waals surface area contributed by atoms with E-state index in [0.717, 1.165) is 42.1 Å². The zero-order chi connectivity index (χ0) is 29.3. The molecule has 2 aromatic heterocycles. The lowest BCUT2D eigenvalue weighted by Crippen LogP contribution is -2.23. The van der Waals surface area contributed by atoms with Gasteiger partial charge in [-0.3, -0.25) is 14.8 Å². The largest absolute Gasteiger partial charge is 0.487 e. The van der Waals surface area contributed by atoms with E-state index in [1.807, 2.05) is 106 Å². The molecule has 41 heavy (non-hydrogen) atoms. The molecule has 0 radical (unpaired) electrons. The Morgan fingerprint density at radius 3 is 1.61 bits per heavy atom. The van der Waals surface area contributed by atoms with Crippen LogP contribution in [0.3, 0.4) is 0 Å².